The molecule has 0 spiro atoms. The van der Waals surface area contributed by atoms with Crippen LogP contribution in [0.2, 0.25) is 0 Å². The Bertz CT molecular complexity index is 270. The van der Waals surface area contributed by atoms with Gasteiger partial charge in [0.1, 0.15) is 0 Å². The van der Waals surface area contributed by atoms with Crippen molar-refractivity contribution in [3.8, 4) is 0 Å². The van der Waals surface area contributed by atoms with E-state index < -0.39 is 0 Å². The Morgan fingerprint density at radius 2 is 2.16 bits per heavy atom. The number of hydrogen-bond acceptors (Lipinski definition) is 3. The van der Waals surface area contributed by atoms with Crippen molar-refractivity contribution in [1.29, 1.82) is 0 Å². The van der Waals surface area contributed by atoms with E-state index in [1.54, 1.807) is 4.90 Å². The standard InChI is InChI=1S/C14H27N3O2/c1-3-7-16-9-5-13(6-10-16)15-14(19)17(8-4-2)11-12-18/h3,13,18H,1,4-12H2,2H3,(H,15,19). The highest BCUT2D eigenvalue weighted by Gasteiger charge is 2.21. The van der Waals surface area contributed by atoms with Gasteiger partial charge >= 0.3 is 6.03 Å². The molecule has 0 radical (unpaired) electrons. The molecule has 1 fully saturated rings. The lowest BCUT2D eigenvalue weighted by molar-refractivity contribution is 0.163. The molecule has 0 aromatic carbocycles. The first kappa shape index (κ1) is 16.0. The minimum absolute atomic E-state index is 0.0190. The van der Waals surface area contributed by atoms with Crippen molar-refractivity contribution in [2.75, 3.05) is 39.3 Å². The summed E-state index contributed by atoms with van der Waals surface area (Å²) in [4.78, 5) is 16.1. The number of nitrogens with zero attached hydrogens (tertiary/aromatic N) is 2. The van der Waals surface area contributed by atoms with Gasteiger partial charge in [0.05, 0.1) is 6.61 Å². The third kappa shape index (κ3) is 5.61. The van der Waals surface area contributed by atoms with E-state index in [-0.39, 0.29) is 18.7 Å². The van der Waals surface area contributed by atoms with Gasteiger partial charge in [0.2, 0.25) is 0 Å². The van der Waals surface area contributed by atoms with Crippen LogP contribution in [0.5, 0.6) is 0 Å². The zero-order chi connectivity index (χ0) is 14.1. The summed E-state index contributed by atoms with van der Waals surface area (Å²) in [6, 6.07) is 0.213. The Balaban J connectivity index is 2.33. The number of hydrogen-bond donors (Lipinski definition) is 2. The van der Waals surface area contributed by atoms with Gasteiger partial charge in [-0.05, 0) is 19.3 Å². The molecule has 0 unspecified atom stereocenters. The average Bonchev–Trinajstić information content (AvgIpc) is 2.41. The van der Waals surface area contributed by atoms with Crippen LogP contribution in [-0.2, 0) is 0 Å². The summed E-state index contributed by atoms with van der Waals surface area (Å²) in [6.45, 7) is 9.84. The van der Waals surface area contributed by atoms with Gasteiger partial charge in [0, 0.05) is 38.8 Å². The predicted octanol–water partition coefficient (Wildman–Crippen LogP) is 1.05. The molecule has 1 heterocycles. The predicted molar refractivity (Wildman–Crippen MR) is 77.1 cm³/mol. The van der Waals surface area contributed by atoms with E-state index in [0.29, 0.717) is 13.1 Å². The molecule has 0 saturated carbocycles. The molecule has 0 aromatic heterocycles. The molecule has 0 aliphatic carbocycles. The highest BCUT2D eigenvalue weighted by molar-refractivity contribution is 5.74. The largest absolute Gasteiger partial charge is 0.395 e. The van der Waals surface area contributed by atoms with E-state index in [0.717, 1.165) is 38.9 Å². The normalized spacial score (nSPS) is 17.2. The van der Waals surface area contributed by atoms with Crippen LogP contribution in [0.3, 0.4) is 0 Å². The number of aliphatic hydroxyl groups is 1. The first-order valence-electron chi connectivity index (χ1n) is 7.20. The molecule has 0 atom stereocenters. The van der Waals surface area contributed by atoms with Gasteiger partial charge in [0.15, 0.2) is 0 Å². The second-order valence-electron chi connectivity index (χ2n) is 5.02. The molecule has 110 valence electrons. The molecule has 2 N–H and O–H groups in total. The van der Waals surface area contributed by atoms with Gasteiger partial charge in [0.25, 0.3) is 0 Å². The molecule has 2 amide bonds. The quantitative estimate of drug-likeness (QED) is 0.679. The molecule has 1 aliphatic heterocycles. The van der Waals surface area contributed by atoms with Crippen LogP contribution in [0, 0.1) is 0 Å². The maximum atomic E-state index is 12.1. The minimum atomic E-state index is -0.0435. The fourth-order valence-electron chi connectivity index (χ4n) is 2.41. The summed E-state index contributed by atoms with van der Waals surface area (Å²) in [5.41, 5.74) is 0. The zero-order valence-electron chi connectivity index (χ0n) is 12.0. The van der Waals surface area contributed by atoms with E-state index in [2.05, 4.69) is 16.8 Å². The molecule has 0 bridgehead atoms. The van der Waals surface area contributed by atoms with Gasteiger partial charge in [-0.15, -0.1) is 6.58 Å². The first-order chi connectivity index (χ1) is 9.21. The fraction of sp³-hybridized carbons (Fsp3) is 0.786. The lowest BCUT2D eigenvalue weighted by Crippen LogP contribution is -2.50. The SMILES string of the molecule is C=CCN1CCC(NC(=O)N(CCC)CCO)CC1. The van der Waals surface area contributed by atoms with Gasteiger partial charge < -0.3 is 15.3 Å². The van der Waals surface area contributed by atoms with Crippen LogP contribution in [-0.4, -0.2) is 66.3 Å². The number of urea groups is 1. The number of amides is 2. The number of carbonyl (C=O) groups excluding carboxylic acids is 1. The Kier molecular flexibility index (Phi) is 7.52. The molecule has 19 heavy (non-hydrogen) atoms. The summed E-state index contributed by atoms with van der Waals surface area (Å²) in [5, 5.41) is 12.0. The van der Waals surface area contributed by atoms with E-state index in [9.17, 15) is 4.79 Å². The van der Waals surface area contributed by atoms with Crippen molar-refractivity contribution in [3.05, 3.63) is 12.7 Å². The average molecular weight is 269 g/mol. The minimum Gasteiger partial charge on any atom is -0.395 e. The van der Waals surface area contributed by atoms with E-state index >= 15 is 0 Å². The van der Waals surface area contributed by atoms with Crippen LogP contribution < -0.4 is 5.32 Å². The van der Waals surface area contributed by atoms with Crippen LogP contribution in [0.25, 0.3) is 0 Å². The lowest BCUT2D eigenvalue weighted by atomic mass is 10.1. The summed E-state index contributed by atoms with van der Waals surface area (Å²) in [7, 11) is 0. The lowest BCUT2D eigenvalue weighted by Gasteiger charge is -2.33. The number of piperidine rings is 1. The fourth-order valence-corrected chi connectivity index (χ4v) is 2.41. The van der Waals surface area contributed by atoms with Crippen molar-refractivity contribution in [3.63, 3.8) is 0 Å². The topological polar surface area (TPSA) is 55.8 Å². The second kappa shape index (κ2) is 8.93. The maximum Gasteiger partial charge on any atom is 0.317 e. The molecular formula is C14H27N3O2. The Morgan fingerprint density at radius 3 is 2.68 bits per heavy atom. The van der Waals surface area contributed by atoms with Gasteiger partial charge in [-0.2, -0.15) is 0 Å². The Labute approximate surface area is 116 Å². The van der Waals surface area contributed by atoms with E-state index in [4.69, 9.17) is 5.11 Å². The maximum absolute atomic E-state index is 12.1. The van der Waals surface area contributed by atoms with Gasteiger partial charge in [-0.25, -0.2) is 4.79 Å². The van der Waals surface area contributed by atoms with Crippen LogP contribution in [0.15, 0.2) is 12.7 Å². The van der Waals surface area contributed by atoms with E-state index in [1.165, 1.54) is 0 Å². The highest BCUT2D eigenvalue weighted by Crippen LogP contribution is 2.10. The smallest absolute Gasteiger partial charge is 0.317 e. The molecular weight excluding hydrogens is 242 g/mol. The molecule has 1 aliphatic rings. The first-order valence-corrected chi connectivity index (χ1v) is 7.20. The summed E-state index contributed by atoms with van der Waals surface area (Å²) in [6.07, 6.45) is 4.80. The van der Waals surface area contributed by atoms with Crippen LogP contribution >= 0.6 is 0 Å². The zero-order valence-corrected chi connectivity index (χ0v) is 12.0. The number of rotatable bonds is 7. The van der Waals surface area contributed by atoms with Crippen LogP contribution in [0.1, 0.15) is 26.2 Å². The molecule has 0 aromatic rings. The Hall–Kier alpha value is -1.07. The molecule has 1 saturated heterocycles. The second-order valence-corrected chi connectivity index (χ2v) is 5.02. The third-order valence-electron chi connectivity index (χ3n) is 3.45. The third-order valence-corrected chi connectivity index (χ3v) is 3.45. The van der Waals surface area contributed by atoms with E-state index in [1.807, 2.05) is 13.0 Å². The number of nitrogens with one attached hydrogen (secondary N) is 1. The van der Waals surface area contributed by atoms with Gasteiger partial charge in [-0.1, -0.05) is 13.0 Å². The van der Waals surface area contributed by atoms with Crippen molar-refractivity contribution < 1.29 is 9.90 Å². The number of carbonyl (C=O) groups is 1. The highest BCUT2D eigenvalue weighted by atomic mass is 16.3. The number of aliphatic hydroxyl groups excluding tert-OH is 1. The molecule has 5 nitrogen and oxygen atoms in total. The Morgan fingerprint density at radius 1 is 1.47 bits per heavy atom. The summed E-state index contributed by atoms with van der Waals surface area (Å²) in [5.74, 6) is 0. The molecule has 1 rings (SSSR count). The van der Waals surface area contributed by atoms with Crippen molar-refractivity contribution in [2.24, 2.45) is 0 Å². The summed E-state index contributed by atoms with van der Waals surface area (Å²) >= 11 is 0. The monoisotopic (exact) mass is 269 g/mol. The van der Waals surface area contributed by atoms with Crippen LogP contribution in [0.4, 0.5) is 4.79 Å². The summed E-state index contributed by atoms with van der Waals surface area (Å²) < 4.78 is 0. The van der Waals surface area contributed by atoms with Crippen molar-refractivity contribution in [2.45, 2.75) is 32.2 Å². The van der Waals surface area contributed by atoms with Crippen molar-refractivity contribution in [1.82, 2.24) is 15.1 Å². The molecule has 5 heteroatoms. The van der Waals surface area contributed by atoms with Crippen molar-refractivity contribution >= 4 is 6.03 Å². The number of likely N-dealkylation sites (tertiary alicyclic amines) is 1. The van der Waals surface area contributed by atoms with Gasteiger partial charge in [-0.3, -0.25) is 4.90 Å².